The molecule has 116 valence electrons. The fourth-order valence-electron chi connectivity index (χ4n) is 3.25. The molecule has 1 saturated carbocycles. The van der Waals surface area contributed by atoms with Gasteiger partial charge in [-0.05, 0) is 37.1 Å². The number of nitrogens with zero attached hydrogens (tertiary/aromatic N) is 1. The highest BCUT2D eigenvalue weighted by Gasteiger charge is 2.26. The van der Waals surface area contributed by atoms with E-state index >= 15 is 0 Å². The largest absolute Gasteiger partial charge is 0.384 e. The van der Waals surface area contributed by atoms with Crippen molar-refractivity contribution in [2.24, 2.45) is 11.7 Å². The first-order valence-corrected chi connectivity index (χ1v) is 9.05. The Morgan fingerprint density at radius 1 is 1.38 bits per heavy atom. The lowest BCUT2D eigenvalue weighted by atomic mass is 10.1. The van der Waals surface area contributed by atoms with Gasteiger partial charge in [-0.25, -0.2) is 0 Å². The summed E-state index contributed by atoms with van der Waals surface area (Å²) in [6.45, 7) is 5.55. The molecule has 21 heavy (non-hydrogen) atoms. The van der Waals surface area contributed by atoms with E-state index in [0.29, 0.717) is 12.0 Å². The number of anilines is 1. The Labute approximate surface area is 132 Å². The molecule has 3 nitrogen and oxygen atoms in total. The lowest BCUT2D eigenvalue weighted by Gasteiger charge is -2.34. The third-order valence-electron chi connectivity index (χ3n) is 4.13. The maximum atomic E-state index is 8.00. The highest BCUT2D eigenvalue weighted by molar-refractivity contribution is 7.98. The van der Waals surface area contributed by atoms with E-state index in [1.165, 1.54) is 25.7 Å². The van der Waals surface area contributed by atoms with E-state index in [9.17, 15) is 0 Å². The smallest absolute Gasteiger partial charge is 0.126 e. The number of rotatable bonds is 6. The van der Waals surface area contributed by atoms with Crippen LogP contribution in [0.15, 0.2) is 23.1 Å². The van der Waals surface area contributed by atoms with Crippen LogP contribution in [-0.2, 0) is 0 Å². The number of hydrogen-bond acceptors (Lipinski definition) is 3. The van der Waals surface area contributed by atoms with Crippen molar-refractivity contribution in [1.82, 2.24) is 0 Å². The van der Waals surface area contributed by atoms with E-state index in [0.717, 1.165) is 22.7 Å². The molecule has 0 radical (unpaired) electrons. The first kappa shape index (κ1) is 16.2. The van der Waals surface area contributed by atoms with Gasteiger partial charge in [-0.1, -0.05) is 32.8 Å². The number of hydrogen-bond donors (Lipinski definition) is 2. The maximum Gasteiger partial charge on any atom is 0.126 e. The van der Waals surface area contributed by atoms with Gasteiger partial charge >= 0.3 is 0 Å². The van der Waals surface area contributed by atoms with Gasteiger partial charge in [-0.3, -0.25) is 5.41 Å². The fourth-order valence-corrected chi connectivity index (χ4v) is 3.89. The number of amidine groups is 1. The highest BCUT2D eigenvalue weighted by atomic mass is 32.2. The molecule has 0 amide bonds. The molecule has 4 heteroatoms. The zero-order valence-electron chi connectivity index (χ0n) is 13.4. The van der Waals surface area contributed by atoms with Crippen LogP contribution in [-0.4, -0.2) is 24.7 Å². The molecular weight excluding hydrogens is 278 g/mol. The molecular formula is C17H27N3S. The number of nitrogen functional groups attached to an aromatic ring is 1. The molecule has 1 aliphatic carbocycles. The summed E-state index contributed by atoms with van der Waals surface area (Å²) in [7, 11) is 0. The van der Waals surface area contributed by atoms with Crippen molar-refractivity contribution in [1.29, 1.82) is 5.41 Å². The van der Waals surface area contributed by atoms with Crippen LogP contribution in [0.25, 0.3) is 0 Å². The number of nitrogens with two attached hydrogens (primary N) is 1. The topological polar surface area (TPSA) is 53.1 Å². The van der Waals surface area contributed by atoms with E-state index in [4.69, 9.17) is 11.1 Å². The van der Waals surface area contributed by atoms with Crippen LogP contribution in [0.1, 0.15) is 45.1 Å². The summed E-state index contributed by atoms with van der Waals surface area (Å²) in [6.07, 6.45) is 7.20. The summed E-state index contributed by atoms with van der Waals surface area (Å²) in [5.41, 5.74) is 7.96. The van der Waals surface area contributed by atoms with E-state index in [1.807, 2.05) is 6.26 Å². The van der Waals surface area contributed by atoms with Gasteiger partial charge < -0.3 is 10.6 Å². The lowest BCUT2D eigenvalue weighted by Crippen LogP contribution is -2.38. The minimum atomic E-state index is 0.182. The predicted octanol–water partition coefficient (Wildman–Crippen LogP) is 4.10. The molecule has 1 aromatic rings. The average Bonchev–Trinajstić information content (AvgIpc) is 2.97. The van der Waals surface area contributed by atoms with Crippen molar-refractivity contribution in [3.8, 4) is 0 Å². The third-order valence-corrected chi connectivity index (χ3v) is 4.91. The molecule has 0 aromatic heterocycles. The molecule has 0 atom stereocenters. The molecule has 0 saturated heterocycles. The summed E-state index contributed by atoms with van der Waals surface area (Å²) in [5, 5.41) is 8.00. The predicted molar refractivity (Wildman–Crippen MR) is 93.7 cm³/mol. The first-order chi connectivity index (χ1) is 10.0. The van der Waals surface area contributed by atoms with Gasteiger partial charge in [0.25, 0.3) is 0 Å². The SMILES string of the molecule is CSc1cccc(N(CC(C)C)C2CCCC2)c1C(=N)N. The van der Waals surface area contributed by atoms with Crippen molar-refractivity contribution in [2.45, 2.75) is 50.5 Å². The molecule has 0 spiro atoms. The van der Waals surface area contributed by atoms with Crippen molar-refractivity contribution in [2.75, 3.05) is 17.7 Å². The van der Waals surface area contributed by atoms with Crippen LogP contribution >= 0.6 is 11.8 Å². The molecule has 1 aliphatic rings. The zero-order valence-corrected chi connectivity index (χ0v) is 14.2. The monoisotopic (exact) mass is 305 g/mol. The Kier molecular flexibility index (Phi) is 5.57. The number of thioether (sulfide) groups is 1. The Balaban J connectivity index is 2.45. The van der Waals surface area contributed by atoms with Crippen LogP contribution in [0, 0.1) is 11.3 Å². The summed E-state index contributed by atoms with van der Waals surface area (Å²) in [4.78, 5) is 3.61. The molecule has 0 heterocycles. The molecule has 0 unspecified atom stereocenters. The van der Waals surface area contributed by atoms with Crippen LogP contribution in [0.5, 0.6) is 0 Å². The molecule has 0 aliphatic heterocycles. The quantitative estimate of drug-likeness (QED) is 0.473. The van der Waals surface area contributed by atoms with Crippen molar-refractivity contribution in [3.63, 3.8) is 0 Å². The van der Waals surface area contributed by atoms with Crippen LogP contribution in [0.2, 0.25) is 0 Å². The highest BCUT2D eigenvalue weighted by Crippen LogP contribution is 2.34. The van der Waals surface area contributed by atoms with Gasteiger partial charge in [0.05, 0.1) is 5.56 Å². The van der Waals surface area contributed by atoms with Crippen LogP contribution < -0.4 is 10.6 Å². The van der Waals surface area contributed by atoms with E-state index < -0.39 is 0 Å². The Bertz CT molecular complexity index is 493. The normalized spacial score (nSPS) is 15.6. The minimum Gasteiger partial charge on any atom is -0.384 e. The number of benzene rings is 1. The van der Waals surface area contributed by atoms with Crippen molar-refractivity contribution in [3.05, 3.63) is 23.8 Å². The maximum absolute atomic E-state index is 8.00. The Morgan fingerprint density at radius 3 is 2.57 bits per heavy atom. The number of nitrogens with one attached hydrogen (secondary N) is 1. The van der Waals surface area contributed by atoms with E-state index in [-0.39, 0.29) is 5.84 Å². The van der Waals surface area contributed by atoms with Gasteiger partial charge in [0.15, 0.2) is 0 Å². The van der Waals surface area contributed by atoms with Crippen molar-refractivity contribution < 1.29 is 0 Å². The lowest BCUT2D eigenvalue weighted by molar-refractivity contribution is 0.535. The second-order valence-corrected chi connectivity index (χ2v) is 7.10. The van der Waals surface area contributed by atoms with Gasteiger partial charge in [0, 0.05) is 23.2 Å². The Hall–Kier alpha value is -1.16. The second kappa shape index (κ2) is 7.21. The van der Waals surface area contributed by atoms with Crippen LogP contribution in [0.3, 0.4) is 0 Å². The summed E-state index contributed by atoms with van der Waals surface area (Å²) in [6, 6.07) is 6.89. The fraction of sp³-hybridized carbons (Fsp3) is 0.588. The zero-order chi connectivity index (χ0) is 15.4. The van der Waals surface area contributed by atoms with E-state index in [1.54, 1.807) is 11.8 Å². The van der Waals surface area contributed by atoms with Gasteiger partial charge in [0.1, 0.15) is 5.84 Å². The molecule has 0 bridgehead atoms. The summed E-state index contributed by atoms with van der Waals surface area (Å²) >= 11 is 1.67. The second-order valence-electron chi connectivity index (χ2n) is 6.25. The van der Waals surface area contributed by atoms with E-state index in [2.05, 4.69) is 36.9 Å². The Morgan fingerprint density at radius 2 is 2.05 bits per heavy atom. The third kappa shape index (κ3) is 3.73. The van der Waals surface area contributed by atoms with Gasteiger partial charge in [-0.15, -0.1) is 11.8 Å². The molecule has 3 N–H and O–H groups in total. The minimum absolute atomic E-state index is 0.182. The molecule has 2 rings (SSSR count). The first-order valence-electron chi connectivity index (χ1n) is 7.82. The van der Waals surface area contributed by atoms with Crippen LogP contribution in [0.4, 0.5) is 5.69 Å². The average molecular weight is 305 g/mol. The standard InChI is InChI=1S/C17H27N3S/c1-12(2)11-20(13-7-4-5-8-13)14-9-6-10-15(21-3)16(14)17(18)19/h6,9-10,12-13H,4-5,7-8,11H2,1-3H3,(H3,18,19). The van der Waals surface area contributed by atoms with Crippen molar-refractivity contribution >= 4 is 23.3 Å². The van der Waals surface area contributed by atoms with Gasteiger partial charge in [0.2, 0.25) is 0 Å². The summed E-state index contributed by atoms with van der Waals surface area (Å²) in [5.74, 6) is 0.782. The van der Waals surface area contributed by atoms with Gasteiger partial charge in [-0.2, -0.15) is 0 Å². The molecule has 1 fully saturated rings. The molecule has 1 aromatic carbocycles. The summed E-state index contributed by atoms with van der Waals surface area (Å²) < 4.78 is 0.